The fraction of sp³-hybridized carbons (Fsp3) is 0.235. The van der Waals surface area contributed by atoms with Crippen LogP contribution in [0.1, 0.15) is 34.8 Å². The maximum absolute atomic E-state index is 13.5. The van der Waals surface area contributed by atoms with Gasteiger partial charge < -0.3 is 10.1 Å². The van der Waals surface area contributed by atoms with Crippen molar-refractivity contribution in [3.63, 3.8) is 0 Å². The number of benzene rings is 2. The fourth-order valence-corrected chi connectivity index (χ4v) is 2.78. The highest BCUT2D eigenvalue weighted by Crippen LogP contribution is 2.32. The Bertz CT molecular complexity index is 841. The Kier molecular flexibility index (Phi) is 4.60. The third-order valence-electron chi connectivity index (χ3n) is 3.97. The second-order valence-corrected chi connectivity index (χ2v) is 5.60. The Morgan fingerprint density at radius 3 is 2.72 bits per heavy atom. The number of nitro benzene ring substituents is 1. The van der Waals surface area contributed by atoms with Crippen molar-refractivity contribution in [3.8, 4) is 5.75 Å². The van der Waals surface area contributed by atoms with Crippen LogP contribution in [0.4, 0.5) is 14.5 Å². The number of carbonyl (C=O) groups excluding carboxylic acids is 1. The minimum atomic E-state index is -1.38. The van der Waals surface area contributed by atoms with E-state index in [1.165, 1.54) is 0 Å². The third kappa shape index (κ3) is 3.42. The number of hydrogen-bond acceptors (Lipinski definition) is 4. The number of fused-ring (bicyclic) bond motifs is 1. The highest BCUT2D eigenvalue weighted by Gasteiger charge is 2.27. The van der Waals surface area contributed by atoms with E-state index < -0.39 is 39.8 Å². The minimum Gasteiger partial charge on any atom is -0.493 e. The molecule has 1 amide bonds. The van der Waals surface area contributed by atoms with Gasteiger partial charge in [-0.3, -0.25) is 14.9 Å². The Hall–Kier alpha value is -3.03. The van der Waals surface area contributed by atoms with Gasteiger partial charge in [-0.05, 0) is 25.0 Å². The third-order valence-corrected chi connectivity index (χ3v) is 3.97. The standard InChI is InChI=1S/C17H14F2N2O4/c18-12-8-11(15(21(23)24)9-13(12)19)17(22)20-14-5-3-7-25-16-6-2-1-4-10(14)16/h1-2,4,6,8-9,14H,3,5,7H2,(H,20,22). The van der Waals surface area contributed by atoms with E-state index in [-0.39, 0.29) is 0 Å². The Morgan fingerprint density at radius 1 is 1.24 bits per heavy atom. The molecule has 1 aliphatic heterocycles. The van der Waals surface area contributed by atoms with Gasteiger partial charge >= 0.3 is 0 Å². The normalized spacial score (nSPS) is 16.3. The van der Waals surface area contributed by atoms with Crippen LogP contribution in [0.2, 0.25) is 0 Å². The van der Waals surface area contributed by atoms with E-state index in [1.807, 2.05) is 0 Å². The molecule has 2 aromatic carbocycles. The predicted molar refractivity (Wildman–Crippen MR) is 84.4 cm³/mol. The van der Waals surface area contributed by atoms with Gasteiger partial charge in [0.1, 0.15) is 11.3 Å². The second kappa shape index (κ2) is 6.84. The van der Waals surface area contributed by atoms with Crippen LogP contribution in [-0.4, -0.2) is 17.4 Å². The molecular weight excluding hydrogens is 334 g/mol. The first-order chi connectivity index (χ1) is 12.0. The zero-order valence-corrected chi connectivity index (χ0v) is 13.0. The van der Waals surface area contributed by atoms with E-state index in [0.29, 0.717) is 37.3 Å². The zero-order chi connectivity index (χ0) is 18.0. The summed E-state index contributed by atoms with van der Waals surface area (Å²) < 4.78 is 32.3. The summed E-state index contributed by atoms with van der Waals surface area (Å²) in [7, 11) is 0. The Balaban J connectivity index is 1.93. The number of hydrogen-bond donors (Lipinski definition) is 1. The van der Waals surface area contributed by atoms with Crippen molar-refractivity contribution in [2.45, 2.75) is 18.9 Å². The van der Waals surface area contributed by atoms with Crippen LogP contribution >= 0.6 is 0 Å². The lowest BCUT2D eigenvalue weighted by Crippen LogP contribution is -2.29. The number of carbonyl (C=O) groups is 1. The van der Waals surface area contributed by atoms with Gasteiger partial charge in [0, 0.05) is 5.56 Å². The van der Waals surface area contributed by atoms with Gasteiger partial charge in [0.15, 0.2) is 11.6 Å². The number of halogens is 2. The smallest absolute Gasteiger partial charge is 0.285 e. The Morgan fingerprint density at radius 2 is 1.96 bits per heavy atom. The summed E-state index contributed by atoms with van der Waals surface area (Å²) in [6, 6.07) is 7.64. The van der Waals surface area contributed by atoms with E-state index in [2.05, 4.69) is 5.32 Å². The molecule has 0 saturated carbocycles. The highest BCUT2D eigenvalue weighted by molar-refractivity contribution is 5.98. The topological polar surface area (TPSA) is 81.5 Å². The maximum atomic E-state index is 13.5. The van der Waals surface area contributed by atoms with Gasteiger partial charge in [-0.2, -0.15) is 0 Å². The van der Waals surface area contributed by atoms with E-state index in [0.717, 1.165) is 5.56 Å². The first kappa shape index (κ1) is 16.8. The van der Waals surface area contributed by atoms with Crippen molar-refractivity contribution in [2.24, 2.45) is 0 Å². The van der Waals surface area contributed by atoms with E-state index in [9.17, 15) is 23.7 Å². The van der Waals surface area contributed by atoms with Crippen LogP contribution < -0.4 is 10.1 Å². The first-order valence-corrected chi connectivity index (χ1v) is 7.63. The Labute approximate surface area is 141 Å². The molecule has 3 rings (SSSR count). The molecule has 1 heterocycles. The van der Waals surface area contributed by atoms with E-state index >= 15 is 0 Å². The van der Waals surface area contributed by atoms with E-state index in [1.54, 1.807) is 24.3 Å². The lowest BCUT2D eigenvalue weighted by atomic mass is 10.0. The molecule has 1 aliphatic rings. The van der Waals surface area contributed by atoms with Gasteiger partial charge in [0.05, 0.1) is 23.6 Å². The zero-order valence-electron chi connectivity index (χ0n) is 13.0. The summed E-state index contributed by atoms with van der Waals surface area (Å²) in [4.78, 5) is 22.6. The van der Waals surface area contributed by atoms with Crippen molar-refractivity contribution >= 4 is 11.6 Å². The number of rotatable bonds is 3. The van der Waals surface area contributed by atoms with Crippen molar-refractivity contribution in [2.75, 3.05) is 6.61 Å². The average Bonchev–Trinajstić information content (AvgIpc) is 2.79. The molecule has 25 heavy (non-hydrogen) atoms. The molecule has 0 aromatic heterocycles. The second-order valence-electron chi connectivity index (χ2n) is 5.60. The van der Waals surface area contributed by atoms with Crippen molar-refractivity contribution in [1.82, 2.24) is 5.32 Å². The van der Waals surface area contributed by atoms with Crippen LogP contribution in [0.5, 0.6) is 5.75 Å². The van der Waals surface area contributed by atoms with Gasteiger partial charge in [0.25, 0.3) is 11.6 Å². The molecule has 0 bridgehead atoms. The predicted octanol–water partition coefficient (Wildman–Crippen LogP) is 3.52. The molecule has 1 N–H and O–H groups in total. The van der Waals surface area contributed by atoms with Gasteiger partial charge in [0.2, 0.25) is 0 Å². The fourth-order valence-electron chi connectivity index (χ4n) is 2.78. The summed E-state index contributed by atoms with van der Waals surface area (Å²) in [6.07, 6.45) is 1.22. The molecule has 0 aliphatic carbocycles. The van der Waals surface area contributed by atoms with Crippen LogP contribution in [0, 0.1) is 21.7 Å². The van der Waals surface area contributed by atoms with Crippen LogP contribution in [0.25, 0.3) is 0 Å². The summed E-state index contributed by atoms with van der Waals surface area (Å²) in [5.41, 5.74) is -0.570. The van der Waals surface area contributed by atoms with Crippen LogP contribution in [-0.2, 0) is 0 Å². The largest absolute Gasteiger partial charge is 0.493 e. The molecule has 6 nitrogen and oxygen atoms in total. The number of nitro groups is 1. The van der Waals surface area contributed by atoms with Crippen molar-refractivity contribution < 1.29 is 23.2 Å². The number of nitrogens with one attached hydrogen (secondary N) is 1. The van der Waals surface area contributed by atoms with Crippen LogP contribution in [0.3, 0.4) is 0 Å². The molecule has 8 heteroatoms. The van der Waals surface area contributed by atoms with Gasteiger partial charge in [-0.15, -0.1) is 0 Å². The minimum absolute atomic E-state index is 0.411. The lowest BCUT2D eigenvalue weighted by Gasteiger charge is -2.18. The van der Waals surface area contributed by atoms with Gasteiger partial charge in [-0.25, -0.2) is 8.78 Å². The monoisotopic (exact) mass is 348 g/mol. The summed E-state index contributed by atoms with van der Waals surface area (Å²) in [5.74, 6) is -2.92. The highest BCUT2D eigenvalue weighted by atomic mass is 19.2. The molecule has 1 atom stereocenters. The molecule has 130 valence electrons. The lowest BCUT2D eigenvalue weighted by molar-refractivity contribution is -0.385. The SMILES string of the molecule is O=C(NC1CCCOc2ccccc21)c1cc(F)c(F)cc1[N+](=O)[O-]. The quantitative estimate of drug-likeness (QED) is 0.680. The van der Waals surface area contributed by atoms with E-state index in [4.69, 9.17) is 4.74 Å². The number of para-hydroxylation sites is 1. The maximum Gasteiger partial charge on any atom is 0.285 e. The molecular formula is C17H14F2N2O4. The number of nitrogens with zero attached hydrogens (tertiary/aromatic N) is 1. The average molecular weight is 348 g/mol. The molecule has 0 spiro atoms. The summed E-state index contributed by atoms with van der Waals surface area (Å²) >= 11 is 0. The van der Waals surface area contributed by atoms with Crippen LogP contribution in [0.15, 0.2) is 36.4 Å². The first-order valence-electron chi connectivity index (χ1n) is 7.63. The summed E-state index contributed by atoms with van der Waals surface area (Å²) in [6.45, 7) is 0.481. The number of ether oxygens (including phenoxy) is 1. The molecule has 2 aromatic rings. The molecule has 1 unspecified atom stereocenters. The van der Waals surface area contributed by atoms with Crippen molar-refractivity contribution in [3.05, 3.63) is 69.3 Å². The van der Waals surface area contributed by atoms with Crippen molar-refractivity contribution in [1.29, 1.82) is 0 Å². The van der Waals surface area contributed by atoms with Gasteiger partial charge in [-0.1, -0.05) is 18.2 Å². The molecule has 0 radical (unpaired) electrons. The summed E-state index contributed by atoms with van der Waals surface area (Å²) in [5, 5.41) is 13.7. The molecule has 0 fully saturated rings. The number of amides is 1. The molecule has 0 saturated heterocycles.